The van der Waals surface area contributed by atoms with Crippen LogP contribution in [-0.4, -0.2) is 35.5 Å². The Morgan fingerprint density at radius 2 is 2.00 bits per heavy atom. The molecule has 0 amide bonds. The molecule has 1 saturated heterocycles. The maximum absolute atomic E-state index is 14.7. The van der Waals surface area contributed by atoms with E-state index in [9.17, 15) is 4.39 Å². The molecule has 0 radical (unpaired) electrons. The Kier molecular flexibility index (Phi) is 5.09. The lowest BCUT2D eigenvalue weighted by atomic mass is 9.98. The highest BCUT2D eigenvalue weighted by molar-refractivity contribution is 6.29. The topological polar surface area (TPSA) is 56.3 Å². The molecule has 7 heteroatoms. The van der Waals surface area contributed by atoms with Gasteiger partial charge in [0.25, 0.3) is 0 Å². The lowest BCUT2D eigenvalue weighted by Gasteiger charge is -2.29. The minimum absolute atomic E-state index is 0.0362. The fourth-order valence-corrected chi connectivity index (χ4v) is 3.14. The number of pyridine rings is 2. The number of halogens is 2. The van der Waals surface area contributed by atoms with Crippen LogP contribution in [0.4, 0.5) is 15.9 Å². The van der Waals surface area contributed by atoms with Gasteiger partial charge in [-0.25, -0.2) is 14.4 Å². The average molecular weight is 388 g/mol. The van der Waals surface area contributed by atoms with Crippen LogP contribution in [0.15, 0.2) is 48.8 Å². The number of nitrogens with one attached hydrogen (secondary N) is 1. The van der Waals surface area contributed by atoms with Crippen molar-refractivity contribution in [1.82, 2.24) is 9.97 Å². The van der Waals surface area contributed by atoms with Crippen LogP contribution in [-0.2, 0) is 4.74 Å². The summed E-state index contributed by atoms with van der Waals surface area (Å²) in [6.45, 7) is 0.921. The van der Waals surface area contributed by atoms with Gasteiger partial charge >= 0.3 is 0 Å². The van der Waals surface area contributed by atoms with Gasteiger partial charge in [0, 0.05) is 37.6 Å². The van der Waals surface area contributed by atoms with Crippen molar-refractivity contribution in [3.05, 3.63) is 53.9 Å². The summed E-state index contributed by atoms with van der Waals surface area (Å²) in [5.74, 6) is 1.34. The summed E-state index contributed by atoms with van der Waals surface area (Å²) >= 11 is 5.82. The van der Waals surface area contributed by atoms with Crippen molar-refractivity contribution in [2.24, 2.45) is 0 Å². The van der Waals surface area contributed by atoms with Crippen LogP contribution in [0, 0.1) is 0 Å². The molecule has 4 rings (SSSR count). The number of anilines is 2. The Balaban J connectivity index is 1.52. The number of hydrogen-bond acceptors (Lipinski definition) is 5. The fraction of sp³-hybridized carbons (Fsp3) is 0.300. The Morgan fingerprint density at radius 3 is 2.78 bits per heavy atom. The number of benzene rings is 1. The molecule has 3 aromatic rings. The normalized spacial score (nSPS) is 16.2. The highest BCUT2D eigenvalue weighted by Gasteiger charge is 2.33. The second-order valence-corrected chi connectivity index (χ2v) is 6.98. The van der Waals surface area contributed by atoms with Crippen molar-refractivity contribution in [2.45, 2.75) is 18.5 Å². The lowest BCUT2D eigenvalue weighted by Crippen LogP contribution is -2.37. The van der Waals surface area contributed by atoms with Gasteiger partial charge in [-0.15, -0.1) is 0 Å². The molecule has 1 fully saturated rings. The molecule has 1 aromatic carbocycles. The predicted molar refractivity (Wildman–Crippen MR) is 104 cm³/mol. The van der Waals surface area contributed by atoms with E-state index in [-0.39, 0.29) is 6.61 Å². The SMILES string of the molecule is FC1(COc2ccc3c(Nc4ccc(Cl)nc4)nccc3c2)CCOCC1. The summed E-state index contributed by atoms with van der Waals surface area (Å²) in [6.07, 6.45) is 4.10. The summed E-state index contributed by atoms with van der Waals surface area (Å²) in [7, 11) is 0. The Hall–Kier alpha value is -2.44. The number of fused-ring (bicyclic) bond motifs is 1. The van der Waals surface area contributed by atoms with Gasteiger partial charge in [-0.05, 0) is 41.8 Å². The first-order chi connectivity index (χ1) is 13.1. The van der Waals surface area contributed by atoms with Gasteiger partial charge in [0.15, 0.2) is 0 Å². The van der Waals surface area contributed by atoms with Gasteiger partial charge in [0.05, 0.1) is 11.9 Å². The first-order valence-electron chi connectivity index (χ1n) is 8.78. The Bertz CT molecular complexity index is 930. The van der Waals surface area contributed by atoms with Crippen LogP contribution in [0.1, 0.15) is 12.8 Å². The molecule has 0 atom stereocenters. The molecular formula is C20H19ClFN3O2. The Morgan fingerprint density at radius 1 is 1.15 bits per heavy atom. The highest BCUT2D eigenvalue weighted by atomic mass is 35.5. The third-order valence-electron chi connectivity index (χ3n) is 4.61. The van der Waals surface area contributed by atoms with Crippen LogP contribution >= 0.6 is 11.6 Å². The van der Waals surface area contributed by atoms with Crippen molar-refractivity contribution in [2.75, 3.05) is 25.1 Å². The summed E-state index contributed by atoms with van der Waals surface area (Å²) in [5, 5.41) is 5.55. The number of rotatable bonds is 5. The molecule has 0 bridgehead atoms. The third kappa shape index (κ3) is 4.28. The van der Waals surface area contributed by atoms with Crippen molar-refractivity contribution >= 4 is 33.9 Å². The number of hydrogen-bond donors (Lipinski definition) is 1. The first-order valence-corrected chi connectivity index (χ1v) is 9.16. The monoisotopic (exact) mass is 387 g/mol. The molecule has 1 N–H and O–H groups in total. The Labute approximate surface area is 161 Å². The molecule has 0 spiro atoms. The molecule has 0 aliphatic carbocycles. The quantitative estimate of drug-likeness (QED) is 0.629. The van der Waals surface area contributed by atoms with Crippen LogP contribution in [0.25, 0.3) is 10.8 Å². The van der Waals surface area contributed by atoms with E-state index in [1.54, 1.807) is 18.5 Å². The fourth-order valence-electron chi connectivity index (χ4n) is 3.03. The van der Waals surface area contributed by atoms with E-state index < -0.39 is 5.67 Å². The average Bonchev–Trinajstić information content (AvgIpc) is 2.69. The summed E-state index contributed by atoms with van der Waals surface area (Å²) in [6, 6.07) is 11.1. The van der Waals surface area contributed by atoms with Gasteiger partial charge in [-0.2, -0.15) is 0 Å². The first kappa shape index (κ1) is 17.9. The smallest absolute Gasteiger partial charge is 0.149 e. The summed E-state index contributed by atoms with van der Waals surface area (Å²) in [4.78, 5) is 8.45. The van der Waals surface area contributed by atoms with Crippen LogP contribution < -0.4 is 10.1 Å². The highest BCUT2D eigenvalue weighted by Crippen LogP contribution is 2.30. The van der Waals surface area contributed by atoms with Gasteiger partial charge in [-0.3, -0.25) is 0 Å². The molecule has 140 valence electrons. The van der Waals surface area contributed by atoms with E-state index in [2.05, 4.69) is 15.3 Å². The number of alkyl halides is 1. The molecule has 2 aromatic heterocycles. The summed E-state index contributed by atoms with van der Waals surface area (Å²) in [5.41, 5.74) is -0.529. The maximum Gasteiger partial charge on any atom is 0.149 e. The number of aromatic nitrogens is 2. The standard InChI is InChI=1S/C20H19ClFN3O2/c21-18-4-1-15(12-24-18)25-19-17-3-2-16(11-14(17)5-8-23-19)27-13-20(22)6-9-26-10-7-20/h1-5,8,11-12H,6-7,9-10,13H2,(H,23,25). The molecule has 1 aliphatic rings. The van der Waals surface area contributed by atoms with Crippen LogP contribution in [0.3, 0.4) is 0 Å². The van der Waals surface area contributed by atoms with Crippen LogP contribution in [0.5, 0.6) is 5.75 Å². The van der Waals surface area contributed by atoms with Gasteiger partial charge in [0.1, 0.15) is 29.0 Å². The second kappa shape index (κ2) is 7.66. The molecule has 5 nitrogen and oxygen atoms in total. The number of nitrogens with zero attached hydrogens (tertiary/aromatic N) is 2. The molecule has 0 saturated carbocycles. The van der Waals surface area contributed by atoms with Crippen molar-refractivity contribution < 1.29 is 13.9 Å². The minimum atomic E-state index is -1.32. The zero-order valence-electron chi connectivity index (χ0n) is 14.6. The van der Waals surface area contributed by atoms with E-state index in [0.29, 0.717) is 42.8 Å². The molecule has 3 heterocycles. The van der Waals surface area contributed by atoms with Crippen molar-refractivity contribution in [1.29, 1.82) is 0 Å². The lowest BCUT2D eigenvalue weighted by molar-refractivity contribution is -0.0323. The van der Waals surface area contributed by atoms with Gasteiger partial charge < -0.3 is 14.8 Å². The van der Waals surface area contributed by atoms with Crippen LogP contribution in [0.2, 0.25) is 5.15 Å². The maximum atomic E-state index is 14.7. The van der Waals surface area contributed by atoms with Gasteiger partial charge in [-0.1, -0.05) is 11.6 Å². The zero-order valence-corrected chi connectivity index (χ0v) is 15.4. The predicted octanol–water partition coefficient (Wildman–Crippen LogP) is 4.92. The van der Waals surface area contributed by atoms with Crippen molar-refractivity contribution in [3.63, 3.8) is 0 Å². The van der Waals surface area contributed by atoms with Crippen molar-refractivity contribution in [3.8, 4) is 5.75 Å². The molecular weight excluding hydrogens is 369 g/mol. The molecule has 27 heavy (non-hydrogen) atoms. The zero-order chi connectivity index (χ0) is 18.7. The summed E-state index contributed by atoms with van der Waals surface area (Å²) < 4.78 is 25.6. The van der Waals surface area contributed by atoms with E-state index in [0.717, 1.165) is 16.5 Å². The largest absolute Gasteiger partial charge is 0.490 e. The van der Waals surface area contributed by atoms with E-state index in [1.807, 2.05) is 30.3 Å². The molecule has 0 unspecified atom stereocenters. The van der Waals surface area contributed by atoms with Gasteiger partial charge in [0.2, 0.25) is 0 Å². The van der Waals surface area contributed by atoms with E-state index in [1.165, 1.54) is 0 Å². The molecule has 1 aliphatic heterocycles. The number of ether oxygens (including phenoxy) is 2. The van der Waals surface area contributed by atoms with E-state index >= 15 is 0 Å². The third-order valence-corrected chi connectivity index (χ3v) is 4.84. The minimum Gasteiger partial charge on any atom is -0.490 e. The second-order valence-electron chi connectivity index (χ2n) is 6.59. The van der Waals surface area contributed by atoms with E-state index in [4.69, 9.17) is 21.1 Å².